The number of benzene rings is 2. The van der Waals surface area contributed by atoms with E-state index in [2.05, 4.69) is 15.2 Å². The van der Waals surface area contributed by atoms with Crippen LogP contribution in [0, 0.1) is 16.7 Å². The SMILES string of the molecule is N#C/C(=N\Nc1ccccc1S(=O)(=O)Nc1ccc(O)cc1)C(=N)N. The summed E-state index contributed by atoms with van der Waals surface area (Å²) in [6, 6.07) is 13.0. The Balaban J connectivity index is 2.34. The molecule has 0 aliphatic rings. The molecule has 0 aliphatic carbocycles. The molecule has 0 amide bonds. The number of hydrazone groups is 1. The molecule has 0 unspecified atom stereocenters. The van der Waals surface area contributed by atoms with Crippen molar-refractivity contribution in [3.05, 3.63) is 48.5 Å². The first-order chi connectivity index (χ1) is 11.8. The van der Waals surface area contributed by atoms with Crippen LogP contribution in [0.1, 0.15) is 0 Å². The van der Waals surface area contributed by atoms with Gasteiger partial charge >= 0.3 is 0 Å². The topological polar surface area (TPSA) is 164 Å². The van der Waals surface area contributed by atoms with Crippen LogP contribution < -0.4 is 15.9 Å². The van der Waals surface area contributed by atoms with Gasteiger partial charge < -0.3 is 10.8 Å². The monoisotopic (exact) mass is 358 g/mol. The van der Waals surface area contributed by atoms with Gasteiger partial charge in [-0.1, -0.05) is 12.1 Å². The molecule has 0 aromatic heterocycles. The number of anilines is 2. The molecule has 2 aromatic rings. The third kappa shape index (κ3) is 4.46. The molecule has 0 atom stereocenters. The van der Waals surface area contributed by atoms with E-state index in [1.165, 1.54) is 42.5 Å². The lowest BCUT2D eigenvalue weighted by Crippen LogP contribution is -2.22. The van der Waals surface area contributed by atoms with Gasteiger partial charge in [-0.15, -0.1) is 0 Å². The highest BCUT2D eigenvalue weighted by molar-refractivity contribution is 7.92. The smallest absolute Gasteiger partial charge is 0.264 e. The highest BCUT2D eigenvalue weighted by Gasteiger charge is 2.18. The van der Waals surface area contributed by atoms with Gasteiger partial charge in [-0.25, -0.2) is 8.42 Å². The van der Waals surface area contributed by atoms with Crippen molar-refractivity contribution in [1.82, 2.24) is 0 Å². The number of nitrogens with two attached hydrogens (primary N) is 1. The zero-order valence-electron chi connectivity index (χ0n) is 12.8. The second-order valence-electron chi connectivity index (χ2n) is 4.75. The Morgan fingerprint density at radius 3 is 2.44 bits per heavy atom. The van der Waals surface area contributed by atoms with Gasteiger partial charge in [-0.3, -0.25) is 15.6 Å². The zero-order valence-corrected chi connectivity index (χ0v) is 13.6. The maximum Gasteiger partial charge on any atom is 0.264 e. The molecule has 128 valence electrons. The van der Waals surface area contributed by atoms with E-state index in [1.807, 2.05) is 0 Å². The van der Waals surface area contributed by atoms with E-state index in [4.69, 9.17) is 16.4 Å². The predicted molar refractivity (Wildman–Crippen MR) is 93.9 cm³/mol. The highest BCUT2D eigenvalue weighted by Crippen LogP contribution is 2.24. The molecule has 2 aromatic carbocycles. The number of amidine groups is 1. The van der Waals surface area contributed by atoms with Crippen molar-refractivity contribution in [2.45, 2.75) is 4.90 Å². The highest BCUT2D eigenvalue weighted by atomic mass is 32.2. The summed E-state index contributed by atoms with van der Waals surface area (Å²) >= 11 is 0. The molecule has 2 rings (SSSR count). The number of para-hydroxylation sites is 1. The predicted octanol–water partition coefficient (Wildman–Crippen LogP) is 1.42. The van der Waals surface area contributed by atoms with Gasteiger partial charge in [0.05, 0.1) is 5.69 Å². The van der Waals surface area contributed by atoms with Crippen LogP contribution in [0.4, 0.5) is 11.4 Å². The largest absolute Gasteiger partial charge is 0.508 e. The quantitative estimate of drug-likeness (QED) is 0.227. The Kier molecular flexibility index (Phi) is 5.21. The summed E-state index contributed by atoms with van der Waals surface area (Å²) < 4.78 is 27.5. The minimum atomic E-state index is -3.96. The zero-order chi connectivity index (χ0) is 18.4. The summed E-state index contributed by atoms with van der Waals surface area (Å²) in [7, 11) is -3.96. The lowest BCUT2D eigenvalue weighted by Gasteiger charge is -2.12. The van der Waals surface area contributed by atoms with Crippen LogP contribution in [0.3, 0.4) is 0 Å². The van der Waals surface area contributed by atoms with Crippen molar-refractivity contribution in [2.24, 2.45) is 10.8 Å². The molecule has 0 saturated carbocycles. The summed E-state index contributed by atoms with van der Waals surface area (Å²) in [5.41, 5.74) is 7.61. The van der Waals surface area contributed by atoms with Crippen molar-refractivity contribution in [3.8, 4) is 11.8 Å². The Labute approximate surface area is 144 Å². The molecule has 25 heavy (non-hydrogen) atoms. The first-order valence-electron chi connectivity index (χ1n) is 6.82. The normalized spacial score (nSPS) is 11.4. The standard InChI is InChI=1S/C15H14N6O3S/c16-9-13(15(17)18)20-19-12-3-1-2-4-14(12)25(23,24)21-10-5-7-11(22)8-6-10/h1-8,19,21-22H,(H3,17,18)/b20-13+. The first-order valence-corrected chi connectivity index (χ1v) is 8.31. The number of phenols is 1. The van der Waals surface area contributed by atoms with E-state index in [1.54, 1.807) is 12.1 Å². The van der Waals surface area contributed by atoms with E-state index >= 15 is 0 Å². The summed E-state index contributed by atoms with van der Waals surface area (Å²) in [4.78, 5) is -0.118. The van der Waals surface area contributed by atoms with Gasteiger partial charge in [0, 0.05) is 5.69 Å². The van der Waals surface area contributed by atoms with Gasteiger partial charge in [0.2, 0.25) is 5.71 Å². The molecule has 9 nitrogen and oxygen atoms in total. The third-order valence-electron chi connectivity index (χ3n) is 2.95. The Morgan fingerprint density at radius 1 is 1.20 bits per heavy atom. The van der Waals surface area contributed by atoms with Crippen LogP contribution in [0.5, 0.6) is 5.75 Å². The number of sulfonamides is 1. The van der Waals surface area contributed by atoms with E-state index in [-0.39, 0.29) is 27.7 Å². The van der Waals surface area contributed by atoms with Crippen LogP contribution in [0.25, 0.3) is 0 Å². The molecule has 0 radical (unpaired) electrons. The summed E-state index contributed by atoms with van der Waals surface area (Å²) in [6.45, 7) is 0. The summed E-state index contributed by atoms with van der Waals surface area (Å²) in [5, 5.41) is 28.9. The minimum absolute atomic E-state index is 0.00705. The van der Waals surface area contributed by atoms with E-state index in [0.29, 0.717) is 0 Å². The van der Waals surface area contributed by atoms with Crippen LogP contribution in [-0.4, -0.2) is 25.1 Å². The Morgan fingerprint density at radius 2 is 1.84 bits per heavy atom. The first kappa shape index (κ1) is 17.8. The van der Waals surface area contributed by atoms with Gasteiger partial charge in [0.25, 0.3) is 10.0 Å². The molecule has 0 spiro atoms. The van der Waals surface area contributed by atoms with Crippen LogP contribution in [0.15, 0.2) is 58.5 Å². The van der Waals surface area contributed by atoms with E-state index in [9.17, 15) is 13.5 Å². The second-order valence-corrected chi connectivity index (χ2v) is 6.40. The second kappa shape index (κ2) is 7.33. The van der Waals surface area contributed by atoms with Crippen molar-refractivity contribution in [2.75, 3.05) is 10.1 Å². The van der Waals surface area contributed by atoms with Crippen molar-refractivity contribution < 1.29 is 13.5 Å². The van der Waals surface area contributed by atoms with Crippen molar-refractivity contribution >= 4 is 32.9 Å². The lowest BCUT2D eigenvalue weighted by atomic mass is 10.3. The fourth-order valence-electron chi connectivity index (χ4n) is 1.79. The molecule has 0 fully saturated rings. The summed E-state index contributed by atoms with van der Waals surface area (Å²) in [6.07, 6.45) is 0. The molecule has 0 bridgehead atoms. The van der Waals surface area contributed by atoms with Crippen LogP contribution >= 0.6 is 0 Å². The Hall–Kier alpha value is -3.58. The van der Waals surface area contributed by atoms with Crippen molar-refractivity contribution in [3.63, 3.8) is 0 Å². The number of nitriles is 1. The van der Waals surface area contributed by atoms with Gasteiger partial charge in [0.1, 0.15) is 16.7 Å². The number of hydrogen-bond acceptors (Lipinski definition) is 7. The maximum atomic E-state index is 12.6. The number of nitrogens with one attached hydrogen (secondary N) is 3. The lowest BCUT2D eigenvalue weighted by molar-refractivity contribution is 0.475. The number of phenolic OH excluding ortho intramolecular Hbond substituents is 1. The average molecular weight is 358 g/mol. The van der Waals surface area contributed by atoms with Gasteiger partial charge in [-0.2, -0.15) is 10.4 Å². The molecular weight excluding hydrogens is 344 g/mol. The van der Waals surface area contributed by atoms with Crippen LogP contribution in [0.2, 0.25) is 0 Å². The fourth-order valence-corrected chi connectivity index (χ4v) is 3.01. The summed E-state index contributed by atoms with van der Waals surface area (Å²) in [5.74, 6) is -0.537. The number of nitrogens with zero attached hydrogens (tertiary/aromatic N) is 2. The molecule has 0 saturated heterocycles. The van der Waals surface area contributed by atoms with Crippen molar-refractivity contribution in [1.29, 1.82) is 10.7 Å². The third-order valence-corrected chi connectivity index (χ3v) is 4.38. The minimum Gasteiger partial charge on any atom is -0.508 e. The van der Waals surface area contributed by atoms with E-state index in [0.717, 1.165) is 0 Å². The maximum absolute atomic E-state index is 12.6. The molecule has 10 heteroatoms. The van der Waals surface area contributed by atoms with Gasteiger partial charge in [-0.05, 0) is 36.4 Å². The number of aromatic hydroxyl groups is 1. The fraction of sp³-hybridized carbons (Fsp3) is 0. The average Bonchev–Trinajstić information content (AvgIpc) is 2.57. The van der Waals surface area contributed by atoms with Crippen LogP contribution in [-0.2, 0) is 10.0 Å². The molecular formula is C15H14N6O3S. The molecule has 0 heterocycles. The molecule has 0 aliphatic heterocycles. The van der Waals surface area contributed by atoms with Gasteiger partial charge in [0.15, 0.2) is 5.84 Å². The number of rotatable bonds is 6. The molecule has 6 N–H and O–H groups in total. The van der Waals surface area contributed by atoms with E-state index < -0.39 is 15.9 Å². The number of hydrogen-bond donors (Lipinski definition) is 5. The Bertz CT molecular complexity index is 962.